The third kappa shape index (κ3) is 8.71. The summed E-state index contributed by atoms with van der Waals surface area (Å²) < 4.78 is 2.49. The van der Waals surface area contributed by atoms with Gasteiger partial charge in [0.2, 0.25) is 0 Å². The van der Waals surface area contributed by atoms with Crippen LogP contribution >= 0.6 is 0 Å². The third-order valence-corrected chi connectivity index (χ3v) is 22.1. The summed E-state index contributed by atoms with van der Waals surface area (Å²) in [5.41, 5.74) is 35.5. The summed E-state index contributed by atoms with van der Waals surface area (Å²) in [7, 11) is 0. The first-order chi connectivity index (χ1) is 50.6. The van der Waals surface area contributed by atoms with Gasteiger partial charge in [-0.25, -0.2) is 0 Å². The average Bonchev–Trinajstić information content (AvgIpc) is 1.46. The number of benzene rings is 16. The first-order valence-corrected chi connectivity index (χ1v) is 35.4. The molecule has 21 rings (SSSR count). The summed E-state index contributed by atoms with van der Waals surface area (Å²) in [5.74, 6) is 0. The molecule has 4 heterocycles. The second-order valence-corrected chi connectivity index (χ2v) is 27.5. The molecule has 17 aromatic rings. The fourth-order valence-electron chi connectivity index (χ4n) is 17.8. The maximum Gasteiger partial charge on any atom is 0.252 e. The number of fused-ring (bicyclic) bond motifs is 16. The Labute approximate surface area is 593 Å². The van der Waals surface area contributed by atoms with E-state index in [9.17, 15) is 0 Å². The van der Waals surface area contributed by atoms with E-state index in [2.05, 4.69) is 401 Å². The van der Waals surface area contributed by atoms with Gasteiger partial charge in [0.1, 0.15) is 0 Å². The van der Waals surface area contributed by atoms with Crippen LogP contribution in [0.15, 0.2) is 382 Å². The summed E-state index contributed by atoms with van der Waals surface area (Å²) in [4.78, 5) is 7.79. The van der Waals surface area contributed by atoms with Crippen molar-refractivity contribution in [2.75, 3.05) is 14.7 Å². The Morgan fingerprint density at radius 1 is 0.206 bits per heavy atom. The molecule has 3 aliphatic heterocycles. The molecule has 0 saturated heterocycles. The number of anilines is 9. The molecule has 0 bridgehead atoms. The molecule has 0 radical (unpaired) electrons. The van der Waals surface area contributed by atoms with Gasteiger partial charge < -0.3 is 19.3 Å². The van der Waals surface area contributed by atoms with E-state index in [-0.39, 0.29) is 6.71 Å². The highest BCUT2D eigenvalue weighted by atomic mass is 15.2. The Morgan fingerprint density at radius 3 is 1.07 bits per heavy atom. The highest BCUT2D eigenvalue weighted by Crippen LogP contribution is 2.64. The van der Waals surface area contributed by atoms with E-state index in [1.165, 1.54) is 71.9 Å². The molecule has 16 aromatic carbocycles. The van der Waals surface area contributed by atoms with Gasteiger partial charge in [0.25, 0.3) is 6.71 Å². The Kier molecular flexibility index (Phi) is 13.0. The monoisotopic (exact) mass is 1290 g/mol. The molecule has 0 saturated carbocycles. The van der Waals surface area contributed by atoms with Crippen LogP contribution in [0.5, 0.6) is 0 Å². The van der Waals surface area contributed by atoms with E-state index in [0.717, 1.165) is 112 Å². The summed E-state index contributed by atoms with van der Waals surface area (Å²) in [6, 6.07) is 144. The van der Waals surface area contributed by atoms with Crippen LogP contribution in [0.25, 0.3) is 94.3 Å². The van der Waals surface area contributed by atoms with E-state index in [1.54, 1.807) is 0 Å². The van der Waals surface area contributed by atoms with Crippen molar-refractivity contribution in [3.05, 3.63) is 404 Å². The minimum Gasteiger partial charge on any atom is -0.311 e. The Balaban J connectivity index is 0.923. The first kappa shape index (κ1) is 57.8. The van der Waals surface area contributed by atoms with E-state index in [1.807, 2.05) is 0 Å². The average molecular weight is 1300 g/mol. The van der Waals surface area contributed by atoms with Crippen LogP contribution in [0.4, 0.5) is 51.2 Å². The van der Waals surface area contributed by atoms with E-state index in [0.29, 0.717) is 0 Å². The number of hydrogen-bond donors (Lipinski definition) is 0. The number of para-hydroxylation sites is 5. The number of rotatable bonds is 9. The van der Waals surface area contributed by atoms with Gasteiger partial charge in [-0.1, -0.05) is 279 Å². The molecule has 102 heavy (non-hydrogen) atoms. The topological polar surface area (TPSA) is 14.7 Å². The molecule has 474 valence electrons. The first-order valence-electron chi connectivity index (χ1n) is 35.4. The molecule has 4 nitrogen and oxygen atoms in total. The minimum absolute atomic E-state index is 0.276. The van der Waals surface area contributed by atoms with Gasteiger partial charge in [0, 0.05) is 56.3 Å². The summed E-state index contributed by atoms with van der Waals surface area (Å²) in [5, 5.41) is 2.45. The maximum atomic E-state index is 2.69. The third-order valence-electron chi connectivity index (χ3n) is 22.1. The van der Waals surface area contributed by atoms with Crippen molar-refractivity contribution in [2.45, 2.75) is 5.41 Å². The predicted molar refractivity (Wildman–Crippen MR) is 428 cm³/mol. The molecule has 0 atom stereocenters. The molecule has 1 aromatic heterocycles. The lowest BCUT2D eigenvalue weighted by Gasteiger charge is -2.47. The summed E-state index contributed by atoms with van der Waals surface area (Å²) in [6.07, 6.45) is 0. The molecule has 1 aliphatic carbocycles. The van der Waals surface area contributed by atoms with Gasteiger partial charge >= 0.3 is 0 Å². The normalized spacial score (nSPS) is 13.3. The van der Waals surface area contributed by atoms with E-state index in [4.69, 9.17) is 0 Å². The Hall–Kier alpha value is -13.2. The van der Waals surface area contributed by atoms with Crippen molar-refractivity contribution in [3.63, 3.8) is 0 Å². The fourth-order valence-corrected chi connectivity index (χ4v) is 17.8. The van der Waals surface area contributed by atoms with Gasteiger partial charge in [-0.3, -0.25) is 0 Å². The lowest BCUT2D eigenvalue weighted by molar-refractivity contribution is 0.753. The van der Waals surface area contributed by atoms with Gasteiger partial charge in [-0.05, 0) is 209 Å². The zero-order valence-electron chi connectivity index (χ0n) is 55.7. The van der Waals surface area contributed by atoms with E-state index >= 15 is 0 Å². The molecular weight excluding hydrogens is 1230 g/mol. The lowest BCUT2D eigenvalue weighted by Crippen LogP contribution is -2.61. The van der Waals surface area contributed by atoms with Gasteiger partial charge in [-0.15, -0.1) is 0 Å². The van der Waals surface area contributed by atoms with Crippen molar-refractivity contribution in [2.24, 2.45) is 0 Å². The van der Waals surface area contributed by atoms with Crippen LogP contribution in [-0.4, -0.2) is 11.3 Å². The number of nitrogens with zero attached hydrogens (tertiary/aromatic N) is 4. The molecule has 0 amide bonds. The second-order valence-electron chi connectivity index (χ2n) is 27.5. The van der Waals surface area contributed by atoms with Crippen LogP contribution in [0, 0.1) is 0 Å². The summed E-state index contributed by atoms with van der Waals surface area (Å²) in [6.45, 7) is -0.276. The molecule has 0 unspecified atom stereocenters. The second kappa shape index (κ2) is 22.9. The largest absolute Gasteiger partial charge is 0.311 e. The quantitative estimate of drug-likeness (QED) is 0.134. The van der Waals surface area contributed by atoms with Crippen LogP contribution in [0.1, 0.15) is 22.3 Å². The molecule has 0 fully saturated rings. The van der Waals surface area contributed by atoms with Crippen molar-refractivity contribution in [3.8, 4) is 72.4 Å². The highest BCUT2D eigenvalue weighted by Gasteiger charge is 2.54. The molecule has 1 spiro atoms. The standard InChI is InChI=1S/C97H63BN4/c1-7-29-64(30-8-1)69-53-70(65-31-9-2-10-32-65)56-76(55-69)101-92-61-75(100-88-47-25-20-42-79(88)80-43-21-26-48-89(80)100)51-52-86(92)98-87-63-85-81(78-41-19-22-44-82(78)97(85)83-45-23-27-49-90(83)99(74-39-17-6-18-40-74)91-50-28-24-46-84(91)97)62-93(87)102(95-60-73(59-94(101)96(95)98)68-37-15-5-16-38-68)77-57-71(66-33-11-3-12-34-66)54-72(58-77)67-35-13-4-14-36-67/h1-63H. The molecule has 5 heteroatoms. The fraction of sp³-hybridized carbons (Fsp3) is 0.0103. The van der Waals surface area contributed by atoms with Gasteiger partial charge in [0.15, 0.2) is 0 Å². The maximum absolute atomic E-state index is 2.69. The molecular formula is C97H63BN4. The minimum atomic E-state index is -0.728. The highest BCUT2D eigenvalue weighted by molar-refractivity contribution is 7.00. The smallest absolute Gasteiger partial charge is 0.252 e. The van der Waals surface area contributed by atoms with Crippen molar-refractivity contribution >= 4 is 96.1 Å². The SMILES string of the molecule is c1ccc(-c2cc(-c3ccccc3)cc(N3c4cc(-n5c6ccccc6c6ccccc65)ccc4B4c5cc6c(cc5N(c5cc(-c7ccccc7)cc(-c7ccccc7)c5)c5cc(-c7ccccc7)cc3c54)-c3ccccc3C63c4ccccc4N(c4ccccc4)c4ccccc43)c2)cc1. The van der Waals surface area contributed by atoms with Crippen LogP contribution in [0.3, 0.4) is 0 Å². The van der Waals surface area contributed by atoms with Crippen LogP contribution in [0.2, 0.25) is 0 Å². The number of hydrogen-bond acceptors (Lipinski definition) is 3. The van der Waals surface area contributed by atoms with Crippen molar-refractivity contribution in [1.29, 1.82) is 0 Å². The zero-order chi connectivity index (χ0) is 67.0. The lowest BCUT2D eigenvalue weighted by atomic mass is 9.33. The Morgan fingerprint density at radius 2 is 0.588 bits per heavy atom. The van der Waals surface area contributed by atoms with Gasteiger partial charge in [0.05, 0.1) is 27.8 Å². The summed E-state index contributed by atoms with van der Waals surface area (Å²) >= 11 is 0. The molecule has 0 N–H and O–H groups in total. The van der Waals surface area contributed by atoms with Crippen LogP contribution in [-0.2, 0) is 5.41 Å². The zero-order valence-corrected chi connectivity index (χ0v) is 55.7. The number of aromatic nitrogens is 1. The van der Waals surface area contributed by atoms with Gasteiger partial charge in [-0.2, -0.15) is 0 Å². The predicted octanol–water partition coefficient (Wildman–Crippen LogP) is 23.3. The van der Waals surface area contributed by atoms with E-state index < -0.39 is 5.41 Å². The van der Waals surface area contributed by atoms with Crippen LogP contribution < -0.4 is 31.1 Å². The Bertz CT molecular complexity index is 5990. The van der Waals surface area contributed by atoms with Crippen molar-refractivity contribution < 1.29 is 0 Å². The van der Waals surface area contributed by atoms with Crippen molar-refractivity contribution in [1.82, 2.24) is 4.57 Å². The molecule has 4 aliphatic rings.